The van der Waals surface area contributed by atoms with Gasteiger partial charge in [0.15, 0.2) is 0 Å². The summed E-state index contributed by atoms with van der Waals surface area (Å²) < 4.78 is 5.28. The summed E-state index contributed by atoms with van der Waals surface area (Å²) in [7, 11) is 0. The lowest BCUT2D eigenvalue weighted by Gasteiger charge is -2.27. The largest absolute Gasteiger partial charge is 0.373 e. The molecule has 0 amide bonds. The summed E-state index contributed by atoms with van der Waals surface area (Å²) in [6.45, 7) is 6.48. The van der Waals surface area contributed by atoms with Gasteiger partial charge in [0.25, 0.3) is 0 Å². The van der Waals surface area contributed by atoms with Gasteiger partial charge in [0.1, 0.15) is 0 Å². The second-order valence-electron chi connectivity index (χ2n) is 2.63. The van der Waals surface area contributed by atoms with Crippen molar-refractivity contribution >= 4 is 0 Å². The van der Waals surface area contributed by atoms with Crippen molar-refractivity contribution in [1.82, 2.24) is 0 Å². The Morgan fingerprint density at radius 1 is 1.78 bits per heavy atom. The van der Waals surface area contributed by atoms with Crippen molar-refractivity contribution in [3.05, 3.63) is 12.2 Å². The number of hydrogen-bond donors (Lipinski definition) is 1. The van der Waals surface area contributed by atoms with Crippen molar-refractivity contribution in [2.75, 3.05) is 6.61 Å². The van der Waals surface area contributed by atoms with Gasteiger partial charge >= 0.3 is 0 Å². The molecular formula is C7H13NO. The lowest BCUT2D eigenvalue weighted by molar-refractivity contribution is 0.0413. The van der Waals surface area contributed by atoms with Crippen molar-refractivity contribution in [2.24, 2.45) is 5.73 Å². The number of ether oxygens (including phenoxy) is 1. The van der Waals surface area contributed by atoms with E-state index >= 15 is 0 Å². The van der Waals surface area contributed by atoms with Crippen molar-refractivity contribution in [3.63, 3.8) is 0 Å². The first-order valence-corrected chi connectivity index (χ1v) is 3.24. The second-order valence-corrected chi connectivity index (χ2v) is 2.63. The van der Waals surface area contributed by atoms with Crippen LogP contribution in [0, 0.1) is 0 Å². The first-order valence-electron chi connectivity index (χ1n) is 3.24. The van der Waals surface area contributed by atoms with E-state index in [4.69, 9.17) is 10.5 Å². The molecule has 2 heteroatoms. The fourth-order valence-electron chi connectivity index (χ4n) is 0.931. The van der Waals surface area contributed by atoms with Crippen molar-refractivity contribution in [2.45, 2.75) is 25.5 Å². The molecule has 52 valence electrons. The van der Waals surface area contributed by atoms with Gasteiger partial charge in [-0.1, -0.05) is 12.2 Å². The van der Waals surface area contributed by atoms with Crippen molar-refractivity contribution in [1.29, 1.82) is 0 Å². The van der Waals surface area contributed by atoms with E-state index in [2.05, 4.69) is 6.58 Å². The summed E-state index contributed by atoms with van der Waals surface area (Å²) in [4.78, 5) is 0. The molecule has 2 N–H and O–H groups in total. The molecular weight excluding hydrogens is 114 g/mol. The average molecular weight is 127 g/mol. The third kappa shape index (κ3) is 1.53. The predicted molar refractivity (Wildman–Crippen MR) is 37.1 cm³/mol. The Morgan fingerprint density at radius 2 is 2.44 bits per heavy atom. The van der Waals surface area contributed by atoms with Gasteiger partial charge in [0.2, 0.25) is 0 Å². The molecule has 9 heavy (non-hydrogen) atoms. The Labute approximate surface area is 55.7 Å². The molecule has 2 nitrogen and oxygen atoms in total. The van der Waals surface area contributed by atoms with E-state index in [1.807, 2.05) is 6.92 Å². The van der Waals surface area contributed by atoms with Gasteiger partial charge < -0.3 is 10.5 Å². The van der Waals surface area contributed by atoms with Gasteiger partial charge in [-0.2, -0.15) is 0 Å². The van der Waals surface area contributed by atoms with E-state index in [1.165, 1.54) is 0 Å². The van der Waals surface area contributed by atoms with Gasteiger partial charge in [-0.15, -0.1) is 0 Å². The maximum Gasteiger partial charge on any atom is 0.0705 e. The van der Waals surface area contributed by atoms with Crippen LogP contribution >= 0.6 is 0 Å². The van der Waals surface area contributed by atoms with Gasteiger partial charge in [-0.3, -0.25) is 0 Å². The highest BCUT2D eigenvalue weighted by molar-refractivity contribution is 5.02. The average Bonchev–Trinajstić information content (AvgIpc) is 1.80. The zero-order valence-corrected chi connectivity index (χ0v) is 5.76. The zero-order chi connectivity index (χ0) is 6.85. The fourth-order valence-corrected chi connectivity index (χ4v) is 0.931. The van der Waals surface area contributed by atoms with E-state index in [-0.39, 0.29) is 12.1 Å². The highest BCUT2D eigenvalue weighted by atomic mass is 16.5. The van der Waals surface area contributed by atoms with E-state index in [9.17, 15) is 0 Å². The minimum absolute atomic E-state index is 0.159. The van der Waals surface area contributed by atoms with Crippen molar-refractivity contribution in [3.8, 4) is 0 Å². The predicted octanol–water partition coefficient (Wildman–Crippen LogP) is 0.679. The minimum Gasteiger partial charge on any atom is -0.373 e. The Morgan fingerprint density at radius 3 is 2.89 bits per heavy atom. The molecule has 1 aliphatic heterocycles. The van der Waals surface area contributed by atoms with Gasteiger partial charge in [-0.25, -0.2) is 0 Å². The van der Waals surface area contributed by atoms with Crippen LogP contribution in [0.2, 0.25) is 0 Å². The molecule has 0 aromatic carbocycles. The molecule has 0 aliphatic carbocycles. The topological polar surface area (TPSA) is 35.2 Å². The molecule has 1 heterocycles. The number of hydrogen-bond acceptors (Lipinski definition) is 2. The molecule has 2 atom stereocenters. The van der Waals surface area contributed by atoms with E-state index in [0.29, 0.717) is 6.61 Å². The van der Waals surface area contributed by atoms with Gasteiger partial charge in [0, 0.05) is 6.04 Å². The van der Waals surface area contributed by atoms with Crippen LogP contribution < -0.4 is 5.73 Å². The Bertz CT molecular complexity index is 122. The van der Waals surface area contributed by atoms with Crippen LogP contribution in [0.1, 0.15) is 13.3 Å². The smallest absolute Gasteiger partial charge is 0.0705 e. The van der Waals surface area contributed by atoms with Gasteiger partial charge in [-0.05, 0) is 13.3 Å². The normalized spacial score (nSPS) is 36.9. The zero-order valence-electron chi connectivity index (χ0n) is 5.76. The summed E-state index contributed by atoms with van der Waals surface area (Å²) in [5.74, 6) is 0. The molecule has 1 saturated heterocycles. The highest BCUT2D eigenvalue weighted by Gasteiger charge is 2.19. The molecule has 0 aromatic rings. The Hall–Kier alpha value is -0.340. The summed E-state index contributed by atoms with van der Waals surface area (Å²) in [5.41, 5.74) is 6.79. The fraction of sp³-hybridized carbons (Fsp3) is 0.714. The SMILES string of the molecule is C=C1COC(C)C(N)C1. The first-order chi connectivity index (χ1) is 4.20. The van der Waals surface area contributed by atoms with Crippen LogP contribution in [0.3, 0.4) is 0 Å². The quantitative estimate of drug-likeness (QED) is 0.486. The van der Waals surface area contributed by atoms with Crippen LogP contribution in [0.5, 0.6) is 0 Å². The molecule has 2 unspecified atom stereocenters. The highest BCUT2D eigenvalue weighted by Crippen LogP contribution is 2.14. The van der Waals surface area contributed by atoms with E-state index in [1.54, 1.807) is 0 Å². The standard InChI is InChI=1S/C7H13NO/c1-5-3-7(8)6(2)9-4-5/h6-7H,1,3-4,8H2,2H3. The summed E-state index contributed by atoms with van der Waals surface area (Å²) in [6.07, 6.45) is 1.12. The number of rotatable bonds is 0. The van der Waals surface area contributed by atoms with Crippen LogP contribution in [-0.2, 0) is 4.74 Å². The Balaban J connectivity index is 2.44. The summed E-state index contributed by atoms with van der Waals surface area (Å²) >= 11 is 0. The van der Waals surface area contributed by atoms with Crippen molar-refractivity contribution < 1.29 is 4.74 Å². The van der Waals surface area contributed by atoms with Crippen LogP contribution in [0.4, 0.5) is 0 Å². The summed E-state index contributed by atoms with van der Waals surface area (Å²) in [5, 5.41) is 0. The maximum atomic E-state index is 5.68. The van der Waals surface area contributed by atoms with Crippen LogP contribution in [0.15, 0.2) is 12.2 Å². The lowest BCUT2D eigenvalue weighted by atomic mass is 10.0. The van der Waals surface area contributed by atoms with E-state index in [0.717, 1.165) is 12.0 Å². The molecule has 0 spiro atoms. The lowest BCUT2D eigenvalue weighted by Crippen LogP contribution is -2.39. The molecule has 0 aromatic heterocycles. The van der Waals surface area contributed by atoms with E-state index < -0.39 is 0 Å². The van der Waals surface area contributed by atoms with Crippen LogP contribution in [-0.4, -0.2) is 18.8 Å². The molecule has 1 aliphatic rings. The third-order valence-corrected chi connectivity index (χ3v) is 1.68. The second kappa shape index (κ2) is 2.50. The van der Waals surface area contributed by atoms with Gasteiger partial charge in [0.05, 0.1) is 12.7 Å². The first kappa shape index (κ1) is 6.78. The third-order valence-electron chi connectivity index (χ3n) is 1.68. The van der Waals surface area contributed by atoms with Crippen LogP contribution in [0.25, 0.3) is 0 Å². The monoisotopic (exact) mass is 127 g/mol. The Kier molecular flexibility index (Phi) is 1.88. The molecule has 1 fully saturated rings. The number of nitrogens with two attached hydrogens (primary N) is 1. The summed E-state index contributed by atoms with van der Waals surface area (Å²) in [6, 6.07) is 0.159. The maximum absolute atomic E-state index is 5.68. The molecule has 1 rings (SSSR count). The molecule has 0 radical (unpaired) electrons. The molecule has 0 bridgehead atoms. The molecule has 0 saturated carbocycles. The minimum atomic E-state index is 0.159.